The largest absolute Gasteiger partial charge is 0.384 e. The van der Waals surface area contributed by atoms with Crippen molar-refractivity contribution in [2.45, 2.75) is 6.10 Å². The van der Waals surface area contributed by atoms with Crippen molar-refractivity contribution in [2.75, 3.05) is 0 Å². The summed E-state index contributed by atoms with van der Waals surface area (Å²) < 4.78 is 0. The Morgan fingerprint density at radius 1 is 0.536 bits per heavy atom. The average Bonchev–Trinajstić information content (AvgIpc) is 2.76. The molecule has 1 N–H and O–H groups in total. The molecule has 3 heteroatoms. The summed E-state index contributed by atoms with van der Waals surface area (Å²) in [7, 11) is -0.750. The third kappa shape index (κ3) is 4.42. The predicted molar refractivity (Wildman–Crippen MR) is 126 cm³/mol. The lowest BCUT2D eigenvalue weighted by Crippen LogP contribution is -2.24. The van der Waals surface area contributed by atoms with Crippen LogP contribution in [0.2, 0.25) is 0 Å². The molecule has 0 amide bonds. The van der Waals surface area contributed by atoms with Crippen molar-refractivity contribution < 1.29 is 5.11 Å². The van der Waals surface area contributed by atoms with E-state index in [0.29, 0.717) is 0 Å². The van der Waals surface area contributed by atoms with E-state index in [1.54, 1.807) is 0 Å². The third-order valence-electron chi connectivity index (χ3n) is 4.62. The van der Waals surface area contributed by atoms with Crippen molar-refractivity contribution in [3.05, 3.63) is 126 Å². The fourth-order valence-corrected chi connectivity index (χ4v) is 5.80. The lowest BCUT2D eigenvalue weighted by molar-refractivity contribution is 0.221. The van der Waals surface area contributed by atoms with Crippen LogP contribution in [0.15, 0.2) is 115 Å². The van der Waals surface area contributed by atoms with Crippen LogP contribution < -0.4 is 15.9 Å². The van der Waals surface area contributed by atoms with Crippen molar-refractivity contribution in [3.63, 3.8) is 0 Å². The van der Waals surface area contributed by atoms with Crippen LogP contribution in [0.3, 0.4) is 0 Å². The van der Waals surface area contributed by atoms with E-state index in [9.17, 15) is 5.11 Å². The Morgan fingerprint density at radius 3 is 1.50 bits per heavy atom. The molecule has 0 aliphatic heterocycles. The number of aliphatic hydroxyl groups is 1. The van der Waals surface area contributed by atoms with Crippen LogP contribution in [0.1, 0.15) is 17.2 Å². The summed E-state index contributed by atoms with van der Waals surface area (Å²) in [6.45, 7) is 0. The molecule has 0 bridgehead atoms. The first-order valence-electron chi connectivity index (χ1n) is 9.07. The van der Waals surface area contributed by atoms with E-state index in [-0.39, 0.29) is 17.0 Å². The van der Waals surface area contributed by atoms with E-state index < -0.39 is 14.0 Å². The monoisotopic (exact) mass is 448 g/mol. The second-order valence-corrected chi connectivity index (χ2v) is 8.56. The van der Waals surface area contributed by atoms with E-state index in [4.69, 9.17) is 0 Å². The van der Waals surface area contributed by atoms with E-state index >= 15 is 0 Å². The highest BCUT2D eigenvalue weighted by molar-refractivity contribution is 8.93. The van der Waals surface area contributed by atoms with Crippen LogP contribution in [0, 0.1) is 0 Å². The third-order valence-corrected chi connectivity index (χ3v) is 7.13. The molecule has 0 aliphatic carbocycles. The summed E-state index contributed by atoms with van der Waals surface area (Å²) in [6.07, 6.45) is -0.639. The van der Waals surface area contributed by atoms with E-state index in [1.165, 1.54) is 15.9 Å². The Kier molecular flexibility index (Phi) is 7.17. The molecule has 4 aromatic rings. The summed E-state index contributed by atoms with van der Waals surface area (Å²) in [5.41, 5.74) is 1.89. The van der Waals surface area contributed by atoms with Gasteiger partial charge in [-0.1, -0.05) is 115 Å². The van der Waals surface area contributed by atoms with Crippen molar-refractivity contribution in [3.8, 4) is 0 Å². The van der Waals surface area contributed by atoms with Crippen molar-refractivity contribution in [2.24, 2.45) is 0 Å². The van der Waals surface area contributed by atoms with Crippen molar-refractivity contribution in [1.82, 2.24) is 0 Å². The van der Waals surface area contributed by atoms with E-state index in [1.807, 2.05) is 54.6 Å². The minimum atomic E-state index is -0.750. The van der Waals surface area contributed by atoms with Gasteiger partial charge in [-0.3, -0.25) is 0 Å². The van der Waals surface area contributed by atoms with Gasteiger partial charge in [-0.25, -0.2) is 0 Å². The van der Waals surface area contributed by atoms with Gasteiger partial charge in [-0.15, -0.1) is 17.0 Å². The normalized spacial score (nSPS) is 11.6. The van der Waals surface area contributed by atoms with E-state index in [2.05, 4.69) is 60.7 Å². The smallest absolute Gasteiger partial charge is 0.105 e. The van der Waals surface area contributed by atoms with Crippen LogP contribution in [0.25, 0.3) is 0 Å². The lowest BCUT2D eigenvalue weighted by Gasteiger charge is -2.24. The predicted octanol–water partition coefficient (Wildman–Crippen LogP) is 5.10. The first kappa shape index (κ1) is 20.5. The number of hydrogen-bond acceptors (Lipinski definition) is 1. The molecule has 0 aliphatic rings. The summed E-state index contributed by atoms with van der Waals surface area (Å²) in [4.78, 5) is 0. The minimum absolute atomic E-state index is 0. The Bertz CT molecular complexity index is 951. The lowest BCUT2D eigenvalue weighted by atomic mass is 10.0. The molecule has 4 rings (SSSR count). The van der Waals surface area contributed by atoms with Crippen LogP contribution in [-0.2, 0) is 0 Å². The molecule has 1 unspecified atom stereocenters. The van der Waals surface area contributed by atoms with Crippen LogP contribution >= 0.6 is 24.9 Å². The van der Waals surface area contributed by atoms with Crippen LogP contribution in [-0.4, -0.2) is 5.11 Å². The summed E-state index contributed by atoms with van der Waals surface area (Å²) >= 11 is 0. The van der Waals surface area contributed by atoms with Crippen LogP contribution in [0.5, 0.6) is 0 Å². The van der Waals surface area contributed by atoms with Gasteiger partial charge in [-0.2, -0.15) is 0 Å². The minimum Gasteiger partial charge on any atom is -0.384 e. The van der Waals surface area contributed by atoms with Gasteiger partial charge >= 0.3 is 0 Å². The highest BCUT2D eigenvalue weighted by Gasteiger charge is 2.22. The Labute approximate surface area is 178 Å². The summed E-state index contributed by atoms with van der Waals surface area (Å²) in [6, 6.07) is 39.3. The molecule has 0 spiro atoms. The molecule has 0 heterocycles. The molecule has 1 nitrogen and oxygen atoms in total. The highest BCUT2D eigenvalue weighted by atomic mass is 79.9. The molecule has 28 heavy (non-hydrogen) atoms. The fourth-order valence-electron chi connectivity index (χ4n) is 3.32. The van der Waals surface area contributed by atoms with Gasteiger partial charge < -0.3 is 5.11 Å². The Morgan fingerprint density at radius 2 is 0.964 bits per heavy atom. The topological polar surface area (TPSA) is 20.2 Å². The average molecular weight is 449 g/mol. The Balaban J connectivity index is 0.00000225. The maximum Gasteiger partial charge on any atom is 0.105 e. The standard InChI is InChI=1S/C25H21OP.BrH/c26-25(20-12-4-1-5-13-20)23-18-10-11-19-24(23)27(21-14-6-2-7-15-21)22-16-8-3-9-17-22;/h1-19,25-26H;1H. The maximum atomic E-state index is 11.1. The van der Waals surface area contributed by atoms with Gasteiger partial charge in [0.05, 0.1) is 0 Å². The van der Waals surface area contributed by atoms with E-state index in [0.717, 1.165) is 11.1 Å². The molecule has 140 valence electrons. The van der Waals surface area contributed by atoms with Gasteiger partial charge in [-0.05, 0) is 35.0 Å². The number of aliphatic hydroxyl groups excluding tert-OH is 1. The quantitative estimate of drug-likeness (QED) is 0.420. The van der Waals surface area contributed by atoms with Crippen molar-refractivity contribution in [1.29, 1.82) is 0 Å². The highest BCUT2D eigenvalue weighted by Crippen LogP contribution is 2.36. The maximum absolute atomic E-state index is 11.1. The molecule has 4 aromatic carbocycles. The molecule has 0 radical (unpaired) electrons. The molecule has 1 atom stereocenters. The fraction of sp³-hybridized carbons (Fsp3) is 0.0400. The molecular weight excluding hydrogens is 427 g/mol. The second kappa shape index (κ2) is 9.80. The van der Waals surface area contributed by atoms with Gasteiger partial charge in [0.1, 0.15) is 6.10 Å². The second-order valence-electron chi connectivity index (χ2n) is 6.38. The van der Waals surface area contributed by atoms with Gasteiger partial charge in [0, 0.05) is 0 Å². The number of benzene rings is 4. The SMILES string of the molecule is Br.OC(c1ccccc1)c1ccccc1P(c1ccccc1)c1ccccc1. The molecule has 0 aromatic heterocycles. The number of rotatable bonds is 5. The molecule has 0 saturated carbocycles. The zero-order valence-electron chi connectivity index (χ0n) is 15.3. The summed E-state index contributed by atoms with van der Waals surface area (Å²) in [5.74, 6) is 0. The molecule has 0 fully saturated rings. The molecular formula is C25H22BrOP. The Hall–Kier alpha value is -2.25. The first-order chi connectivity index (χ1) is 13.3. The first-order valence-corrected chi connectivity index (χ1v) is 10.4. The number of halogens is 1. The zero-order chi connectivity index (χ0) is 18.5. The van der Waals surface area contributed by atoms with Crippen LogP contribution in [0.4, 0.5) is 0 Å². The summed E-state index contributed by atoms with van der Waals surface area (Å²) in [5, 5.41) is 14.9. The van der Waals surface area contributed by atoms with Crippen molar-refractivity contribution >= 4 is 40.8 Å². The number of hydrogen-bond donors (Lipinski definition) is 1. The van der Waals surface area contributed by atoms with Gasteiger partial charge in [0.15, 0.2) is 0 Å². The zero-order valence-corrected chi connectivity index (χ0v) is 18.0. The molecule has 0 saturated heterocycles. The van der Waals surface area contributed by atoms with Gasteiger partial charge in [0.2, 0.25) is 0 Å². The van der Waals surface area contributed by atoms with Gasteiger partial charge in [0.25, 0.3) is 0 Å².